The van der Waals surface area contributed by atoms with Gasteiger partial charge in [-0.3, -0.25) is 9.59 Å². The Kier molecular flexibility index (Phi) is 5.83. The molecule has 0 atom stereocenters. The number of carbonyl (C=O) groups is 2. The summed E-state index contributed by atoms with van der Waals surface area (Å²) < 4.78 is 4.86. The van der Waals surface area contributed by atoms with E-state index in [1.165, 1.54) is 0 Å². The summed E-state index contributed by atoms with van der Waals surface area (Å²) in [5.41, 5.74) is 0.531. The second-order valence-corrected chi connectivity index (χ2v) is 6.05. The molecule has 0 radical (unpaired) electrons. The van der Waals surface area contributed by atoms with Crippen LogP contribution in [0.5, 0.6) is 0 Å². The number of esters is 1. The molecule has 0 unspecified atom stereocenters. The van der Waals surface area contributed by atoms with Crippen LogP contribution in [0.1, 0.15) is 44.6 Å². The van der Waals surface area contributed by atoms with Gasteiger partial charge in [0.1, 0.15) is 0 Å². The fourth-order valence-corrected chi connectivity index (χ4v) is 2.99. The van der Waals surface area contributed by atoms with Gasteiger partial charge in [-0.25, -0.2) is 0 Å². The van der Waals surface area contributed by atoms with Crippen LogP contribution in [0.2, 0.25) is 5.02 Å². The molecule has 0 bridgehead atoms. The summed E-state index contributed by atoms with van der Waals surface area (Å²) in [6.07, 6.45) is 3.66. The maximum Gasteiger partial charge on any atom is 0.305 e. The molecule has 1 aliphatic carbocycles. The van der Waals surface area contributed by atoms with E-state index < -0.39 is 5.41 Å². The summed E-state index contributed by atoms with van der Waals surface area (Å²) in [4.78, 5) is 23.8. The van der Waals surface area contributed by atoms with Crippen LogP contribution in [0.15, 0.2) is 24.3 Å². The van der Waals surface area contributed by atoms with Crippen LogP contribution in [0.25, 0.3) is 0 Å². The van der Waals surface area contributed by atoms with Gasteiger partial charge in [-0.1, -0.05) is 30.2 Å². The minimum absolute atomic E-state index is 0.0323. The van der Waals surface area contributed by atoms with Gasteiger partial charge in [-0.05, 0) is 43.9 Å². The number of hydrogen-bond donors (Lipinski definition) is 1. The number of halogens is 1. The van der Waals surface area contributed by atoms with Crippen molar-refractivity contribution in [2.24, 2.45) is 0 Å². The second kappa shape index (κ2) is 7.63. The molecule has 0 aliphatic heterocycles. The van der Waals surface area contributed by atoms with E-state index in [0.29, 0.717) is 31.0 Å². The molecular weight excluding hydrogens is 302 g/mol. The van der Waals surface area contributed by atoms with Crippen LogP contribution >= 0.6 is 11.6 Å². The first-order valence-corrected chi connectivity index (χ1v) is 8.16. The van der Waals surface area contributed by atoms with Crippen LogP contribution in [-0.4, -0.2) is 25.0 Å². The molecule has 120 valence electrons. The molecule has 22 heavy (non-hydrogen) atoms. The smallest absolute Gasteiger partial charge is 0.305 e. The van der Waals surface area contributed by atoms with E-state index in [0.717, 1.165) is 24.8 Å². The molecule has 1 N–H and O–H groups in total. The van der Waals surface area contributed by atoms with Crippen molar-refractivity contribution in [3.8, 4) is 0 Å². The van der Waals surface area contributed by atoms with Crippen molar-refractivity contribution < 1.29 is 14.3 Å². The molecule has 1 aromatic carbocycles. The zero-order chi connectivity index (χ0) is 16.0. The second-order valence-electron chi connectivity index (χ2n) is 5.61. The van der Waals surface area contributed by atoms with Crippen molar-refractivity contribution in [1.29, 1.82) is 0 Å². The molecule has 2 rings (SSSR count). The maximum absolute atomic E-state index is 12.6. The predicted molar refractivity (Wildman–Crippen MR) is 85.9 cm³/mol. The molecule has 1 aliphatic rings. The molecule has 5 heteroatoms. The van der Waals surface area contributed by atoms with Crippen LogP contribution < -0.4 is 5.32 Å². The molecule has 1 aromatic rings. The summed E-state index contributed by atoms with van der Waals surface area (Å²) in [5, 5.41) is 3.60. The Balaban J connectivity index is 1.89. The van der Waals surface area contributed by atoms with Crippen molar-refractivity contribution in [3.63, 3.8) is 0 Å². The fourth-order valence-electron chi connectivity index (χ4n) is 2.80. The van der Waals surface area contributed by atoms with E-state index in [4.69, 9.17) is 16.3 Å². The molecule has 0 heterocycles. The van der Waals surface area contributed by atoms with E-state index in [9.17, 15) is 9.59 Å². The Labute approximate surface area is 136 Å². The Hall–Kier alpha value is -1.55. The normalized spacial score (nSPS) is 15.7. The lowest BCUT2D eigenvalue weighted by atomic mass is 9.64. The zero-order valence-electron chi connectivity index (χ0n) is 12.9. The Morgan fingerprint density at radius 2 is 2.14 bits per heavy atom. The van der Waals surface area contributed by atoms with Gasteiger partial charge in [-0.15, -0.1) is 0 Å². The average Bonchev–Trinajstić information content (AvgIpc) is 2.43. The summed E-state index contributed by atoms with van der Waals surface area (Å²) in [5.74, 6) is -0.185. The average molecular weight is 324 g/mol. The number of ether oxygens (including phenoxy) is 1. The number of carbonyl (C=O) groups excluding carboxylic acids is 2. The summed E-state index contributed by atoms with van der Waals surface area (Å²) >= 11 is 6.04. The van der Waals surface area contributed by atoms with Gasteiger partial charge in [0.15, 0.2) is 0 Å². The van der Waals surface area contributed by atoms with Gasteiger partial charge in [0.2, 0.25) is 5.91 Å². The topological polar surface area (TPSA) is 55.4 Å². The van der Waals surface area contributed by atoms with Gasteiger partial charge >= 0.3 is 5.97 Å². The minimum Gasteiger partial charge on any atom is -0.466 e. The van der Waals surface area contributed by atoms with Crippen LogP contribution in [0.3, 0.4) is 0 Å². The molecule has 0 spiro atoms. The van der Waals surface area contributed by atoms with E-state index in [2.05, 4.69) is 5.32 Å². The minimum atomic E-state index is -0.450. The van der Waals surface area contributed by atoms with Crippen molar-refractivity contribution >= 4 is 23.5 Å². The summed E-state index contributed by atoms with van der Waals surface area (Å²) in [6.45, 7) is 2.66. The molecule has 0 saturated heterocycles. The predicted octanol–water partition coefficient (Wildman–Crippen LogP) is 3.22. The highest BCUT2D eigenvalue weighted by Crippen LogP contribution is 2.44. The summed E-state index contributed by atoms with van der Waals surface area (Å²) in [7, 11) is 0. The third kappa shape index (κ3) is 3.80. The highest BCUT2D eigenvalue weighted by atomic mass is 35.5. The largest absolute Gasteiger partial charge is 0.466 e. The highest BCUT2D eigenvalue weighted by Gasteiger charge is 2.45. The van der Waals surface area contributed by atoms with Crippen LogP contribution in [-0.2, 0) is 19.7 Å². The van der Waals surface area contributed by atoms with Crippen LogP contribution in [0, 0.1) is 0 Å². The lowest BCUT2D eigenvalue weighted by molar-refractivity contribution is -0.143. The van der Waals surface area contributed by atoms with E-state index in [-0.39, 0.29) is 11.9 Å². The number of rotatable bonds is 7. The number of benzene rings is 1. The third-order valence-corrected chi connectivity index (χ3v) is 4.40. The van der Waals surface area contributed by atoms with Gasteiger partial charge < -0.3 is 10.1 Å². The first-order valence-electron chi connectivity index (χ1n) is 7.78. The monoisotopic (exact) mass is 323 g/mol. The van der Waals surface area contributed by atoms with Gasteiger partial charge in [0.05, 0.1) is 12.0 Å². The fraction of sp³-hybridized carbons (Fsp3) is 0.529. The maximum atomic E-state index is 12.6. The molecular formula is C17H22ClNO3. The van der Waals surface area contributed by atoms with E-state index in [1.54, 1.807) is 6.92 Å². The van der Waals surface area contributed by atoms with E-state index >= 15 is 0 Å². The number of nitrogens with one attached hydrogen (secondary N) is 1. The molecule has 1 fully saturated rings. The quantitative estimate of drug-likeness (QED) is 0.619. The van der Waals surface area contributed by atoms with Crippen molar-refractivity contribution in [3.05, 3.63) is 34.9 Å². The lowest BCUT2D eigenvalue weighted by Gasteiger charge is -2.40. The van der Waals surface area contributed by atoms with Crippen LogP contribution in [0.4, 0.5) is 0 Å². The van der Waals surface area contributed by atoms with Gasteiger partial charge in [-0.2, -0.15) is 0 Å². The van der Waals surface area contributed by atoms with Crippen molar-refractivity contribution in [2.75, 3.05) is 13.2 Å². The first-order chi connectivity index (χ1) is 10.6. The Bertz CT molecular complexity index is 540. The number of hydrogen-bond acceptors (Lipinski definition) is 3. The van der Waals surface area contributed by atoms with E-state index in [1.807, 2.05) is 24.3 Å². The molecule has 4 nitrogen and oxygen atoms in total. The van der Waals surface area contributed by atoms with Gasteiger partial charge in [0, 0.05) is 18.0 Å². The SMILES string of the molecule is CCOC(=O)CCCNC(=O)C1(c2cccc(Cl)c2)CCC1. The van der Waals surface area contributed by atoms with Crippen molar-refractivity contribution in [1.82, 2.24) is 5.32 Å². The summed E-state index contributed by atoms with van der Waals surface area (Å²) in [6, 6.07) is 7.53. The lowest BCUT2D eigenvalue weighted by Crippen LogP contribution is -2.49. The highest BCUT2D eigenvalue weighted by molar-refractivity contribution is 6.30. The first kappa shape index (κ1) is 16.8. The molecule has 1 amide bonds. The number of amides is 1. The Morgan fingerprint density at radius 1 is 1.36 bits per heavy atom. The Morgan fingerprint density at radius 3 is 2.73 bits per heavy atom. The molecule has 1 saturated carbocycles. The zero-order valence-corrected chi connectivity index (χ0v) is 13.6. The molecule has 0 aromatic heterocycles. The standard InChI is InChI=1S/C17H22ClNO3/c1-2-22-15(20)8-4-11-19-16(21)17(9-5-10-17)13-6-3-7-14(18)12-13/h3,6-7,12H,2,4-5,8-11H2,1H3,(H,19,21). The third-order valence-electron chi connectivity index (χ3n) is 4.17. The van der Waals surface area contributed by atoms with Gasteiger partial charge in [0.25, 0.3) is 0 Å². The van der Waals surface area contributed by atoms with Crippen molar-refractivity contribution in [2.45, 2.75) is 44.4 Å².